The van der Waals surface area contributed by atoms with Crippen LogP contribution in [0.3, 0.4) is 0 Å². The number of carbonyl (C=O) groups is 1. The van der Waals surface area contributed by atoms with E-state index in [-0.39, 0.29) is 10.8 Å². The number of H-pyrrole nitrogens is 1. The summed E-state index contributed by atoms with van der Waals surface area (Å²) in [7, 11) is 0. The Morgan fingerprint density at radius 2 is 2.29 bits per heavy atom. The van der Waals surface area contributed by atoms with E-state index in [0.717, 1.165) is 16.9 Å². The fourth-order valence-electron chi connectivity index (χ4n) is 2.05. The van der Waals surface area contributed by atoms with Gasteiger partial charge in [0, 0.05) is 12.4 Å². The molecule has 0 bridgehead atoms. The molecule has 3 aromatic heterocycles. The van der Waals surface area contributed by atoms with Crippen molar-refractivity contribution in [3.8, 4) is 5.82 Å². The topological polar surface area (TPSA) is 91.1 Å². The van der Waals surface area contributed by atoms with E-state index in [1.807, 2.05) is 31.5 Å². The van der Waals surface area contributed by atoms with Crippen LogP contribution in [0.1, 0.15) is 20.8 Å². The van der Waals surface area contributed by atoms with Crippen molar-refractivity contribution in [3.05, 3.63) is 74.7 Å². The third-order valence-corrected chi connectivity index (χ3v) is 3.94. The van der Waals surface area contributed by atoms with Crippen LogP contribution in [-0.2, 0) is 0 Å². The maximum Gasteiger partial charge on any atom is 0.390 e. The Bertz CT molecular complexity index is 946. The summed E-state index contributed by atoms with van der Waals surface area (Å²) in [5, 5.41) is 3.93. The van der Waals surface area contributed by atoms with Gasteiger partial charge in [-0.2, -0.15) is 10.1 Å². The number of pyridine rings is 2. The van der Waals surface area contributed by atoms with Crippen molar-refractivity contribution in [2.24, 2.45) is 5.10 Å². The first kappa shape index (κ1) is 15.8. The maximum absolute atomic E-state index is 11.9. The molecule has 0 saturated carbocycles. The lowest BCUT2D eigenvalue weighted by atomic mass is 10.3. The van der Waals surface area contributed by atoms with E-state index < -0.39 is 0 Å². The molecular weight excluding hydrogens is 326 g/mol. The molecule has 0 saturated heterocycles. The van der Waals surface area contributed by atoms with Gasteiger partial charge in [0.15, 0.2) is 0 Å². The van der Waals surface area contributed by atoms with Gasteiger partial charge in [-0.25, -0.2) is 14.8 Å². The van der Waals surface area contributed by atoms with Gasteiger partial charge < -0.3 is 0 Å². The zero-order valence-corrected chi connectivity index (χ0v) is 13.6. The fourth-order valence-corrected chi connectivity index (χ4v) is 2.76. The molecule has 0 fully saturated rings. The number of hydrazone groups is 1. The third-order valence-electron chi connectivity index (χ3n) is 3.13. The molecule has 8 heteroatoms. The molecule has 1 amide bonds. The smallest absolute Gasteiger partial charge is 0.267 e. The van der Waals surface area contributed by atoms with Crippen LogP contribution in [0.25, 0.3) is 5.82 Å². The number of nitrogens with zero attached hydrogens (tertiary/aromatic N) is 3. The van der Waals surface area contributed by atoms with Crippen molar-refractivity contribution in [2.75, 3.05) is 0 Å². The highest BCUT2D eigenvalue weighted by Gasteiger charge is 2.16. The Hall–Kier alpha value is -3.13. The van der Waals surface area contributed by atoms with Crippen LogP contribution >= 0.6 is 11.3 Å². The number of aryl methyl sites for hydroxylation is 1. The van der Waals surface area contributed by atoms with Gasteiger partial charge in [-0.1, -0.05) is 6.07 Å². The summed E-state index contributed by atoms with van der Waals surface area (Å²) < 4.78 is 1.80. The van der Waals surface area contributed by atoms with Crippen molar-refractivity contribution in [1.82, 2.24) is 15.4 Å². The molecule has 0 aliphatic rings. The minimum absolute atomic E-state index is 0.195. The largest absolute Gasteiger partial charge is 0.390 e. The molecule has 0 aromatic carbocycles. The second-order valence-electron chi connectivity index (χ2n) is 4.96. The Balaban J connectivity index is 1.81. The zero-order chi connectivity index (χ0) is 16.9. The number of hydrogen-bond donors (Lipinski definition) is 2. The van der Waals surface area contributed by atoms with E-state index in [2.05, 4.69) is 20.5 Å². The Morgan fingerprint density at radius 1 is 1.42 bits per heavy atom. The zero-order valence-electron chi connectivity index (χ0n) is 12.8. The SMILES string of the molecule is Cc1ccc[n+](-c2[nH]c(=O)sc2C=NNC(=O)c2cccnc2)c1. The lowest BCUT2D eigenvalue weighted by Gasteiger charge is -1.99. The number of hydrogen-bond acceptors (Lipinski definition) is 5. The molecule has 0 aliphatic carbocycles. The van der Waals surface area contributed by atoms with E-state index in [1.54, 1.807) is 22.9 Å². The molecule has 3 rings (SSSR count). The molecule has 0 unspecified atom stereocenters. The molecule has 0 spiro atoms. The number of aromatic nitrogens is 3. The van der Waals surface area contributed by atoms with Crippen LogP contribution in [0.4, 0.5) is 0 Å². The molecule has 7 nitrogen and oxygen atoms in total. The highest BCUT2D eigenvalue weighted by atomic mass is 32.1. The monoisotopic (exact) mass is 340 g/mol. The summed E-state index contributed by atoms with van der Waals surface area (Å²) in [6.07, 6.45) is 8.21. The number of aromatic amines is 1. The van der Waals surface area contributed by atoms with Crippen LogP contribution in [0.15, 0.2) is 58.9 Å². The Kier molecular flexibility index (Phi) is 4.57. The molecule has 0 aliphatic heterocycles. The second kappa shape index (κ2) is 6.97. The minimum atomic E-state index is -0.369. The molecule has 3 heterocycles. The lowest BCUT2D eigenvalue weighted by molar-refractivity contribution is -0.599. The van der Waals surface area contributed by atoms with E-state index in [4.69, 9.17) is 0 Å². The average Bonchev–Trinajstić information content (AvgIpc) is 2.96. The highest BCUT2D eigenvalue weighted by molar-refractivity contribution is 7.11. The molecule has 3 aromatic rings. The van der Waals surface area contributed by atoms with E-state index in [0.29, 0.717) is 16.3 Å². The predicted octanol–water partition coefficient (Wildman–Crippen LogP) is 1.18. The van der Waals surface area contributed by atoms with Crippen LogP contribution in [0, 0.1) is 6.92 Å². The molecule has 24 heavy (non-hydrogen) atoms. The van der Waals surface area contributed by atoms with Crippen molar-refractivity contribution in [1.29, 1.82) is 0 Å². The van der Waals surface area contributed by atoms with Crippen molar-refractivity contribution in [2.45, 2.75) is 6.92 Å². The van der Waals surface area contributed by atoms with Gasteiger partial charge in [0.25, 0.3) is 5.91 Å². The van der Waals surface area contributed by atoms with E-state index in [9.17, 15) is 9.59 Å². The second-order valence-corrected chi connectivity index (χ2v) is 5.97. The summed E-state index contributed by atoms with van der Waals surface area (Å²) in [5.74, 6) is 0.236. The Morgan fingerprint density at radius 3 is 3.04 bits per heavy atom. The number of thiazole rings is 1. The quantitative estimate of drug-likeness (QED) is 0.424. The summed E-state index contributed by atoms with van der Waals surface area (Å²) in [6, 6.07) is 7.16. The van der Waals surface area contributed by atoms with Crippen molar-refractivity contribution >= 4 is 23.5 Å². The number of amides is 1. The van der Waals surface area contributed by atoms with Gasteiger partial charge in [0.2, 0.25) is 0 Å². The molecular formula is C16H14N5O2S+. The van der Waals surface area contributed by atoms with Crippen LogP contribution < -0.4 is 14.9 Å². The van der Waals surface area contributed by atoms with Crippen LogP contribution in [0.5, 0.6) is 0 Å². The summed E-state index contributed by atoms with van der Waals surface area (Å²) in [5.41, 5.74) is 3.88. The first-order chi connectivity index (χ1) is 11.6. The van der Waals surface area contributed by atoms with E-state index >= 15 is 0 Å². The van der Waals surface area contributed by atoms with Gasteiger partial charge in [-0.15, -0.1) is 0 Å². The lowest BCUT2D eigenvalue weighted by Crippen LogP contribution is -2.32. The molecule has 0 atom stereocenters. The Labute approximate surface area is 141 Å². The fraction of sp³-hybridized carbons (Fsp3) is 0.0625. The number of rotatable bonds is 4. The average molecular weight is 340 g/mol. The number of nitrogens with one attached hydrogen (secondary N) is 2. The molecule has 120 valence electrons. The highest BCUT2D eigenvalue weighted by Crippen LogP contribution is 2.06. The van der Waals surface area contributed by atoms with Gasteiger partial charge in [-0.3, -0.25) is 9.78 Å². The van der Waals surface area contributed by atoms with Crippen molar-refractivity contribution in [3.63, 3.8) is 0 Å². The third kappa shape index (κ3) is 3.61. The van der Waals surface area contributed by atoms with Gasteiger partial charge in [0.1, 0.15) is 4.88 Å². The van der Waals surface area contributed by atoms with Gasteiger partial charge in [-0.05, 0) is 42.0 Å². The molecule has 2 N–H and O–H groups in total. The predicted molar refractivity (Wildman–Crippen MR) is 90.5 cm³/mol. The summed E-state index contributed by atoms with van der Waals surface area (Å²) in [6.45, 7) is 1.96. The standard InChI is InChI=1S/C16H13N5O2S/c1-11-4-3-7-21(10-11)14-13(24-16(23)19-14)9-18-20-15(22)12-5-2-6-17-8-12/h2-10H,1H3,(H-,18,19,20,22,23)/p+1. The van der Waals surface area contributed by atoms with Crippen molar-refractivity contribution < 1.29 is 9.36 Å². The van der Waals surface area contributed by atoms with Gasteiger partial charge >= 0.3 is 10.7 Å². The minimum Gasteiger partial charge on any atom is -0.267 e. The normalized spacial score (nSPS) is 10.9. The first-order valence-corrected chi connectivity index (χ1v) is 7.90. The number of carbonyl (C=O) groups excluding carboxylic acids is 1. The molecule has 0 radical (unpaired) electrons. The summed E-state index contributed by atoms with van der Waals surface area (Å²) >= 11 is 1.02. The first-order valence-electron chi connectivity index (χ1n) is 7.08. The van der Waals surface area contributed by atoms with Gasteiger partial charge in [0.05, 0.1) is 24.2 Å². The maximum atomic E-state index is 11.9. The van der Waals surface area contributed by atoms with Crippen LogP contribution in [-0.4, -0.2) is 22.1 Å². The van der Waals surface area contributed by atoms with Crippen LogP contribution in [0.2, 0.25) is 0 Å². The van der Waals surface area contributed by atoms with E-state index in [1.165, 1.54) is 12.4 Å². The summed E-state index contributed by atoms with van der Waals surface area (Å²) in [4.78, 5) is 30.6.